The predicted octanol–water partition coefficient (Wildman–Crippen LogP) is 7.29. The van der Waals surface area contributed by atoms with Crippen molar-refractivity contribution in [3.05, 3.63) is 112 Å². The number of halogens is 1. The van der Waals surface area contributed by atoms with Gasteiger partial charge in [-0.25, -0.2) is 0 Å². The summed E-state index contributed by atoms with van der Waals surface area (Å²) in [6.07, 6.45) is 2.34. The molecule has 4 rings (SSSR count). The first kappa shape index (κ1) is 23.3. The molecule has 0 saturated heterocycles. The Bertz CT molecular complexity index is 1410. The van der Waals surface area contributed by atoms with E-state index < -0.39 is 5.91 Å². The van der Waals surface area contributed by atoms with Crippen molar-refractivity contribution in [3.63, 3.8) is 0 Å². The number of carbonyl (C=O) groups is 1. The van der Waals surface area contributed by atoms with E-state index in [2.05, 4.69) is 39.4 Å². The van der Waals surface area contributed by atoms with Crippen molar-refractivity contribution < 1.29 is 9.53 Å². The second-order valence-electron chi connectivity index (χ2n) is 7.74. The third-order valence-electron chi connectivity index (χ3n) is 5.55. The zero-order chi connectivity index (χ0) is 23.9. The van der Waals surface area contributed by atoms with Crippen LogP contribution in [0, 0.1) is 11.3 Å². The summed E-state index contributed by atoms with van der Waals surface area (Å²) in [5.41, 5.74) is 3.42. The van der Waals surface area contributed by atoms with Gasteiger partial charge in [0.1, 0.15) is 24.0 Å². The van der Waals surface area contributed by atoms with Gasteiger partial charge >= 0.3 is 0 Å². The summed E-state index contributed by atoms with van der Waals surface area (Å²) >= 11 is 3.48. The Balaban J connectivity index is 1.60. The van der Waals surface area contributed by atoms with Crippen LogP contribution >= 0.6 is 15.9 Å². The number of nitriles is 1. The van der Waals surface area contributed by atoms with Crippen LogP contribution in [0.1, 0.15) is 23.6 Å². The molecule has 0 bridgehead atoms. The van der Waals surface area contributed by atoms with Crippen molar-refractivity contribution in [2.45, 2.75) is 20.0 Å². The number of nitrogens with one attached hydrogen (secondary N) is 1. The Kier molecular flexibility index (Phi) is 7.41. The summed E-state index contributed by atoms with van der Waals surface area (Å²) in [7, 11) is 0. The minimum Gasteiger partial charge on any atom is -0.488 e. The zero-order valence-electron chi connectivity index (χ0n) is 18.7. The molecule has 4 aromatic rings. The van der Waals surface area contributed by atoms with Gasteiger partial charge in [0.2, 0.25) is 0 Å². The molecule has 1 amide bonds. The van der Waals surface area contributed by atoms with E-state index in [4.69, 9.17) is 4.74 Å². The van der Waals surface area contributed by atoms with Crippen molar-refractivity contribution in [1.82, 2.24) is 0 Å². The highest BCUT2D eigenvalue weighted by molar-refractivity contribution is 9.10. The van der Waals surface area contributed by atoms with Gasteiger partial charge in [-0.3, -0.25) is 4.79 Å². The number of carbonyl (C=O) groups excluding carboxylic acids is 1. The van der Waals surface area contributed by atoms with Gasteiger partial charge in [-0.1, -0.05) is 83.5 Å². The van der Waals surface area contributed by atoms with Crippen LogP contribution in [0.4, 0.5) is 5.69 Å². The average Bonchev–Trinajstić information content (AvgIpc) is 2.87. The molecule has 4 aromatic carbocycles. The van der Waals surface area contributed by atoms with E-state index in [1.165, 1.54) is 0 Å². The zero-order valence-corrected chi connectivity index (χ0v) is 20.3. The fourth-order valence-electron chi connectivity index (χ4n) is 3.78. The molecule has 0 aliphatic rings. The van der Waals surface area contributed by atoms with E-state index in [1.54, 1.807) is 6.08 Å². The number of nitrogens with zero attached hydrogens (tertiary/aromatic N) is 1. The molecule has 34 heavy (non-hydrogen) atoms. The summed E-state index contributed by atoms with van der Waals surface area (Å²) in [5.74, 6) is 0.133. The molecule has 0 spiro atoms. The SMILES string of the molecule is CCc1ccccc1NC(=O)/C(C#N)=C/c1cc(Br)ccc1OCc1cccc2ccccc12. The standard InChI is InChI=1S/C29H23BrN2O2/c1-2-20-8-4-6-13-27(20)32-29(33)24(18-31)16-23-17-25(30)14-15-28(23)34-19-22-11-7-10-21-9-3-5-12-26(21)22/h3-17H,2,19H2,1H3,(H,32,33)/b24-16+. The number of amides is 1. The number of para-hydroxylation sites is 1. The van der Waals surface area contributed by atoms with Crippen LogP contribution in [0.2, 0.25) is 0 Å². The lowest BCUT2D eigenvalue weighted by Gasteiger charge is -2.13. The van der Waals surface area contributed by atoms with Gasteiger partial charge < -0.3 is 10.1 Å². The highest BCUT2D eigenvalue weighted by Gasteiger charge is 2.13. The Hall–Kier alpha value is -3.88. The highest BCUT2D eigenvalue weighted by Crippen LogP contribution is 2.28. The summed E-state index contributed by atoms with van der Waals surface area (Å²) < 4.78 is 6.98. The fraction of sp³-hybridized carbons (Fsp3) is 0.103. The summed E-state index contributed by atoms with van der Waals surface area (Å²) in [6.45, 7) is 2.38. The van der Waals surface area contributed by atoms with Crippen LogP contribution in [0.15, 0.2) is 95.0 Å². The molecule has 0 fully saturated rings. The molecule has 5 heteroatoms. The van der Waals surface area contributed by atoms with E-state index in [9.17, 15) is 10.1 Å². The van der Waals surface area contributed by atoms with Gasteiger partial charge in [0.15, 0.2) is 0 Å². The Morgan fingerprint density at radius 3 is 2.56 bits per heavy atom. The molecule has 0 atom stereocenters. The number of hydrogen-bond acceptors (Lipinski definition) is 3. The van der Waals surface area contributed by atoms with Crippen molar-refractivity contribution in [2.24, 2.45) is 0 Å². The van der Waals surface area contributed by atoms with Crippen molar-refractivity contribution >= 4 is 44.4 Å². The van der Waals surface area contributed by atoms with Crippen molar-refractivity contribution in [3.8, 4) is 11.8 Å². The van der Waals surface area contributed by atoms with Crippen LogP contribution in [-0.2, 0) is 17.8 Å². The number of anilines is 1. The molecule has 0 unspecified atom stereocenters. The molecule has 0 heterocycles. The van der Waals surface area contributed by atoms with E-state index in [0.717, 1.165) is 32.8 Å². The van der Waals surface area contributed by atoms with Crippen LogP contribution in [0.5, 0.6) is 5.75 Å². The first-order valence-electron chi connectivity index (χ1n) is 11.0. The molecular formula is C29H23BrN2O2. The monoisotopic (exact) mass is 510 g/mol. The van der Waals surface area contributed by atoms with Crippen LogP contribution < -0.4 is 10.1 Å². The van der Waals surface area contributed by atoms with Crippen LogP contribution in [0.3, 0.4) is 0 Å². The minimum absolute atomic E-state index is 0.000910. The molecule has 4 nitrogen and oxygen atoms in total. The van der Waals surface area contributed by atoms with Crippen LogP contribution in [0.25, 0.3) is 16.8 Å². The number of aryl methyl sites for hydroxylation is 1. The highest BCUT2D eigenvalue weighted by atomic mass is 79.9. The van der Waals surface area contributed by atoms with Gasteiger partial charge in [-0.2, -0.15) is 5.26 Å². The molecule has 0 radical (unpaired) electrons. The van der Waals surface area contributed by atoms with Gasteiger partial charge in [0.05, 0.1) is 0 Å². The predicted molar refractivity (Wildman–Crippen MR) is 140 cm³/mol. The third-order valence-corrected chi connectivity index (χ3v) is 6.04. The average molecular weight is 511 g/mol. The number of hydrogen-bond donors (Lipinski definition) is 1. The Labute approximate surface area is 207 Å². The molecule has 0 aliphatic carbocycles. The maximum atomic E-state index is 12.9. The maximum absolute atomic E-state index is 12.9. The normalized spacial score (nSPS) is 11.1. The Morgan fingerprint density at radius 2 is 1.74 bits per heavy atom. The molecule has 0 aromatic heterocycles. The van der Waals surface area contributed by atoms with E-state index in [0.29, 0.717) is 23.6 Å². The summed E-state index contributed by atoms with van der Waals surface area (Å²) in [4.78, 5) is 12.9. The smallest absolute Gasteiger partial charge is 0.266 e. The van der Waals surface area contributed by atoms with Crippen molar-refractivity contribution in [2.75, 3.05) is 5.32 Å². The lowest BCUT2D eigenvalue weighted by atomic mass is 10.1. The molecular weight excluding hydrogens is 488 g/mol. The van der Waals surface area contributed by atoms with Crippen LogP contribution in [-0.4, -0.2) is 5.91 Å². The van der Waals surface area contributed by atoms with E-state index >= 15 is 0 Å². The van der Waals surface area contributed by atoms with Gasteiger partial charge in [0.25, 0.3) is 5.91 Å². The van der Waals surface area contributed by atoms with E-state index in [1.807, 2.05) is 79.7 Å². The van der Waals surface area contributed by atoms with Gasteiger partial charge in [-0.15, -0.1) is 0 Å². The lowest BCUT2D eigenvalue weighted by molar-refractivity contribution is -0.112. The molecule has 1 N–H and O–H groups in total. The number of fused-ring (bicyclic) bond motifs is 1. The quantitative estimate of drug-likeness (QED) is 0.209. The molecule has 0 aliphatic heterocycles. The first-order chi connectivity index (χ1) is 16.6. The van der Waals surface area contributed by atoms with Crippen molar-refractivity contribution in [1.29, 1.82) is 5.26 Å². The third kappa shape index (κ3) is 5.36. The summed E-state index contributed by atoms with van der Waals surface area (Å²) in [6, 6.07) is 29.4. The molecule has 0 saturated carbocycles. The lowest BCUT2D eigenvalue weighted by Crippen LogP contribution is -2.14. The fourth-order valence-corrected chi connectivity index (χ4v) is 4.16. The molecule has 168 valence electrons. The second kappa shape index (κ2) is 10.8. The second-order valence-corrected chi connectivity index (χ2v) is 8.66. The van der Waals surface area contributed by atoms with E-state index in [-0.39, 0.29) is 5.57 Å². The largest absolute Gasteiger partial charge is 0.488 e. The maximum Gasteiger partial charge on any atom is 0.266 e. The number of ether oxygens (including phenoxy) is 1. The topological polar surface area (TPSA) is 62.1 Å². The van der Waals surface area contributed by atoms with Gasteiger partial charge in [-0.05, 0) is 58.7 Å². The first-order valence-corrected chi connectivity index (χ1v) is 11.8. The minimum atomic E-state index is -0.455. The van der Waals surface area contributed by atoms with Gasteiger partial charge in [0, 0.05) is 15.7 Å². The number of benzene rings is 4. The number of rotatable bonds is 7. The Morgan fingerprint density at radius 1 is 1.00 bits per heavy atom. The summed E-state index contributed by atoms with van der Waals surface area (Å²) in [5, 5.41) is 14.9.